The standard InChI is InChI=1S/C12H16O2/c1-3-4-9-14-12-7-5-11(6-8-12)10(2)13/h5-8H,3-4,9H2,1-2H3/i10+2. The molecule has 0 aromatic heterocycles. The molecule has 1 aromatic carbocycles. The summed E-state index contributed by atoms with van der Waals surface area (Å²) in [4.78, 5) is 11.0. The van der Waals surface area contributed by atoms with Crippen molar-refractivity contribution in [3.63, 3.8) is 0 Å². The van der Waals surface area contributed by atoms with Crippen LogP contribution in [0.1, 0.15) is 37.0 Å². The summed E-state index contributed by atoms with van der Waals surface area (Å²) in [5.74, 6) is 0.925. The molecule has 1 aromatic rings. The van der Waals surface area contributed by atoms with Crippen LogP contribution >= 0.6 is 0 Å². The van der Waals surface area contributed by atoms with Crippen molar-refractivity contribution >= 4 is 5.78 Å². The number of ketones is 1. The van der Waals surface area contributed by atoms with E-state index < -0.39 is 0 Å². The average Bonchev–Trinajstić information content (AvgIpc) is 2.19. The van der Waals surface area contributed by atoms with Crippen LogP contribution in [0.25, 0.3) is 0 Å². The van der Waals surface area contributed by atoms with Crippen LogP contribution in [0.2, 0.25) is 0 Å². The van der Waals surface area contributed by atoms with Gasteiger partial charge in [0, 0.05) is 5.56 Å². The van der Waals surface area contributed by atoms with Crippen LogP contribution in [0.4, 0.5) is 0 Å². The second-order valence-corrected chi connectivity index (χ2v) is 3.28. The van der Waals surface area contributed by atoms with E-state index in [-0.39, 0.29) is 5.78 Å². The molecule has 0 bridgehead atoms. The predicted molar refractivity (Wildman–Crippen MR) is 56.8 cm³/mol. The van der Waals surface area contributed by atoms with Gasteiger partial charge in [-0.25, -0.2) is 0 Å². The zero-order valence-electron chi connectivity index (χ0n) is 8.75. The molecule has 0 spiro atoms. The minimum atomic E-state index is 0.0881. The molecule has 0 saturated heterocycles. The van der Waals surface area contributed by atoms with Crippen LogP contribution in [0.3, 0.4) is 0 Å². The zero-order valence-corrected chi connectivity index (χ0v) is 8.75. The summed E-state index contributed by atoms with van der Waals surface area (Å²) in [5.41, 5.74) is 0.729. The molecule has 0 fully saturated rings. The lowest BCUT2D eigenvalue weighted by Gasteiger charge is -2.05. The summed E-state index contributed by atoms with van der Waals surface area (Å²) in [6.45, 7) is 4.44. The first-order valence-electron chi connectivity index (χ1n) is 4.98. The smallest absolute Gasteiger partial charge is 0.159 e. The van der Waals surface area contributed by atoms with Crippen molar-refractivity contribution in [1.29, 1.82) is 0 Å². The number of hydrogen-bond donors (Lipinski definition) is 0. The van der Waals surface area contributed by atoms with Crippen LogP contribution in [0, 0.1) is 0 Å². The van der Waals surface area contributed by atoms with E-state index >= 15 is 0 Å². The number of carbonyl (C=O) groups is 1. The van der Waals surface area contributed by atoms with E-state index in [9.17, 15) is 4.79 Å². The highest BCUT2D eigenvalue weighted by molar-refractivity contribution is 5.94. The van der Waals surface area contributed by atoms with Gasteiger partial charge in [0.1, 0.15) is 5.75 Å². The van der Waals surface area contributed by atoms with Crippen LogP contribution < -0.4 is 4.74 Å². The Hall–Kier alpha value is -1.31. The molecular weight excluding hydrogens is 178 g/mol. The van der Waals surface area contributed by atoms with Crippen LogP contribution in [-0.4, -0.2) is 12.4 Å². The fraction of sp³-hybridized carbons (Fsp3) is 0.417. The van der Waals surface area contributed by atoms with E-state index in [0.717, 1.165) is 30.8 Å². The monoisotopic (exact) mass is 194 g/mol. The third kappa shape index (κ3) is 3.21. The second kappa shape index (κ2) is 5.43. The van der Waals surface area contributed by atoms with Gasteiger partial charge in [0.25, 0.3) is 0 Å². The maximum atomic E-state index is 11.0. The van der Waals surface area contributed by atoms with Gasteiger partial charge in [-0.3, -0.25) is 4.79 Å². The highest BCUT2D eigenvalue weighted by Crippen LogP contribution is 2.12. The van der Waals surface area contributed by atoms with Crippen molar-refractivity contribution in [2.24, 2.45) is 0 Å². The molecule has 0 saturated carbocycles. The van der Waals surface area contributed by atoms with E-state index in [1.54, 1.807) is 19.1 Å². The molecule has 0 unspecified atom stereocenters. The van der Waals surface area contributed by atoms with Crippen molar-refractivity contribution in [2.45, 2.75) is 26.7 Å². The van der Waals surface area contributed by atoms with Gasteiger partial charge in [-0.15, -0.1) is 0 Å². The Morgan fingerprint density at radius 1 is 1.29 bits per heavy atom. The van der Waals surface area contributed by atoms with E-state index in [2.05, 4.69) is 6.92 Å². The summed E-state index contributed by atoms with van der Waals surface area (Å²) < 4.78 is 5.47. The Bertz CT molecular complexity index is 288. The third-order valence-corrected chi connectivity index (χ3v) is 2.03. The van der Waals surface area contributed by atoms with E-state index in [4.69, 9.17) is 4.74 Å². The second-order valence-electron chi connectivity index (χ2n) is 3.28. The molecule has 2 nitrogen and oxygen atoms in total. The molecule has 14 heavy (non-hydrogen) atoms. The highest BCUT2D eigenvalue weighted by atomic mass is 16.5. The highest BCUT2D eigenvalue weighted by Gasteiger charge is 1.98. The normalized spacial score (nSPS) is 9.86. The fourth-order valence-corrected chi connectivity index (χ4v) is 1.12. The minimum Gasteiger partial charge on any atom is -0.494 e. The van der Waals surface area contributed by atoms with Crippen LogP contribution in [-0.2, 0) is 0 Å². The first-order valence-corrected chi connectivity index (χ1v) is 4.98. The molecular formula is C12H16O2. The average molecular weight is 194 g/mol. The van der Waals surface area contributed by atoms with Gasteiger partial charge < -0.3 is 4.74 Å². The number of Topliss-reactive ketones (excluding diaryl/α,β-unsaturated/α-hetero) is 1. The summed E-state index contributed by atoms with van der Waals surface area (Å²) in [7, 11) is 0. The maximum absolute atomic E-state index is 11.0. The SMILES string of the molecule is CCCCOc1ccc([14C](C)=O)cc1. The first kappa shape index (κ1) is 10.8. The molecule has 0 N–H and O–H groups in total. The van der Waals surface area contributed by atoms with Crippen LogP contribution in [0.5, 0.6) is 5.75 Å². The van der Waals surface area contributed by atoms with E-state index in [1.165, 1.54) is 0 Å². The molecule has 76 valence electrons. The molecule has 2 heteroatoms. The Labute approximate surface area is 84.9 Å². The molecule has 0 atom stereocenters. The van der Waals surface area contributed by atoms with E-state index in [1.807, 2.05) is 12.1 Å². The quantitative estimate of drug-likeness (QED) is 0.532. The number of ether oxygens (including phenoxy) is 1. The Morgan fingerprint density at radius 3 is 2.43 bits per heavy atom. The lowest BCUT2D eigenvalue weighted by atomic mass is 10.3. The molecule has 0 radical (unpaired) electrons. The molecule has 0 heterocycles. The van der Waals surface area contributed by atoms with Gasteiger partial charge >= 0.3 is 0 Å². The molecule has 0 amide bonds. The van der Waals surface area contributed by atoms with E-state index in [0.29, 0.717) is 0 Å². The van der Waals surface area contributed by atoms with Gasteiger partial charge in [-0.2, -0.15) is 0 Å². The Balaban J connectivity index is 2.51. The molecule has 0 aliphatic rings. The molecule has 0 aliphatic heterocycles. The largest absolute Gasteiger partial charge is 0.494 e. The number of rotatable bonds is 5. The number of carbonyl (C=O) groups excluding carboxylic acids is 1. The molecule has 1 rings (SSSR count). The molecule has 0 aliphatic carbocycles. The number of unbranched alkanes of at least 4 members (excludes halogenated alkanes) is 1. The maximum Gasteiger partial charge on any atom is 0.159 e. The Morgan fingerprint density at radius 2 is 1.93 bits per heavy atom. The van der Waals surface area contributed by atoms with Gasteiger partial charge in [0.15, 0.2) is 5.78 Å². The van der Waals surface area contributed by atoms with Crippen molar-refractivity contribution in [2.75, 3.05) is 6.61 Å². The zero-order chi connectivity index (χ0) is 10.4. The summed E-state index contributed by atoms with van der Waals surface area (Å²) in [6, 6.07) is 7.27. The third-order valence-electron chi connectivity index (χ3n) is 2.03. The van der Waals surface area contributed by atoms with Gasteiger partial charge in [-0.05, 0) is 37.6 Å². The Kier molecular flexibility index (Phi) is 4.17. The first-order chi connectivity index (χ1) is 6.74. The predicted octanol–water partition coefficient (Wildman–Crippen LogP) is 3.07. The van der Waals surface area contributed by atoms with Crippen molar-refractivity contribution in [3.05, 3.63) is 29.8 Å². The number of benzene rings is 1. The number of hydrogen-bond acceptors (Lipinski definition) is 2. The van der Waals surface area contributed by atoms with Gasteiger partial charge in [-0.1, -0.05) is 13.3 Å². The van der Waals surface area contributed by atoms with Crippen molar-refractivity contribution in [3.8, 4) is 5.75 Å². The van der Waals surface area contributed by atoms with Crippen LogP contribution in [0.15, 0.2) is 24.3 Å². The lowest BCUT2D eigenvalue weighted by molar-refractivity contribution is 0.101. The van der Waals surface area contributed by atoms with Crippen molar-refractivity contribution in [1.82, 2.24) is 0 Å². The fourth-order valence-electron chi connectivity index (χ4n) is 1.12. The lowest BCUT2D eigenvalue weighted by Crippen LogP contribution is -1.97. The summed E-state index contributed by atoms with van der Waals surface area (Å²) >= 11 is 0. The summed E-state index contributed by atoms with van der Waals surface area (Å²) in [6.07, 6.45) is 2.19. The topological polar surface area (TPSA) is 26.3 Å². The summed E-state index contributed by atoms with van der Waals surface area (Å²) in [5, 5.41) is 0. The van der Waals surface area contributed by atoms with Gasteiger partial charge in [0.2, 0.25) is 0 Å². The van der Waals surface area contributed by atoms with Gasteiger partial charge in [0.05, 0.1) is 6.61 Å². The minimum absolute atomic E-state index is 0.0881. The van der Waals surface area contributed by atoms with Crippen molar-refractivity contribution < 1.29 is 9.53 Å².